The van der Waals surface area contributed by atoms with Crippen molar-refractivity contribution in [3.63, 3.8) is 0 Å². The predicted octanol–water partition coefficient (Wildman–Crippen LogP) is 4.79. The summed E-state index contributed by atoms with van der Waals surface area (Å²) < 4.78 is 6.07. The monoisotopic (exact) mass is 493 g/mol. The summed E-state index contributed by atoms with van der Waals surface area (Å²) in [6.45, 7) is 5.38. The molecular weight excluding hydrogens is 458 g/mol. The number of esters is 1. The van der Waals surface area contributed by atoms with Crippen LogP contribution in [-0.4, -0.2) is 41.5 Å². The average molecular weight is 494 g/mol. The van der Waals surface area contributed by atoms with Gasteiger partial charge in [-0.25, -0.2) is 0 Å². The zero-order chi connectivity index (χ0) is 22.4. The topological polar surface area (TPSA) is 84.7 Å². The van der Waals surface area contributed by atoms with E-state index in [0.717, 1.165) is 48.8 Å². The molecule has 0 aliphatic heterocycles. The summed E-state index contributed by atoms with van der Waals surface area (Å²) in [7, 11) is 0. The number of hydrogen-bond acceptors (Lipinski definition) is 5. The van der Waals surface area contributed by atoms with Crippen molar-refractivity contribution in [2.24, 2.45) is 0 Å². The van der Waals surface area contributed by atoms with Crippen molar-refractivity contribution in [3.05, 3.63) is 27.7 Å². The van der Waals surface area contributed by atoms with Crippen LogP contribution >= 0.6 is 15.9 Å². The van der Waals surface area contributed by atoms with Crippen LogP contribution in [0.25, 0.3) is 0 Å². The van der Waals surface area contributed by atoms with E-state index in [0.29, 0.717) is 17.3 Å². The first kappa shape index (κ1) is 24.1. The lowest BCUT2D eigenvalue weighted by Gasteiger charge is -2.34. The Kier molecular flexibility index (Phi) is 8.78. The lowest BCUT2D eigenvalue weighted by atomic mass is 9.92. The van der Waals surface area contributed by atoms with E-state index in [1.165, 1.54) is 39.0 Å². The van der Waals surface area contributed by atoms with Crippen molar-refractivity contribution in [2.75, 3.05) is 12.3 Å². The van der Waals surface area contributed by atoms with Gasteiger partial charge in [-0.3, -0.25) is 14.5 Å². The Bertz CT molecular complexity index is 772. The van der Waals surface area contributed by atoms with Gasteiger partial charge in [0.25, 0.3) is 5.91 Å². The third-order valence-electron chi connectivity index (χ3n) is 6.69. The van der Waals surface area contributed by atoms with Crippen LogP contribution < -0.4 is 11.1 Å². The highest BCUT2D eigenvalue weighted by Gasteiger charge is 2.26. The SMILES string of the molecule is CCN(Cc1cc(C(=O)NC2CCC(OC(C)=O)CC2)cc(Br)c1N)C1CCCCC1. The van der Waals surface area contributed by atoms with E-state index in [1.54, 1.807) is 0 Å². The van der Waals surface area contributed by atoms with E-state index in [-0.39, 0.29) is 24.0 Å². The Morgan fingerprint density at radius 2 is 1.81 bits per heavy atom. The second-order valence-electron chi connectivity index (χ2n) is 8.94. The zero-order valence-corrected chi connectivity index (χ0v) is 20.4. The Labute approximate surface area is 194 Å². The highest BCUT2D eigenvalue weighted by atomic mass is 79.9. The van der Waals surface area contributed by atoms with Crippen molar-refractivity contribution in [2.45, 2.75) is 96.4 Å². The van der Waals surface area contributed by atoms with Gasteiger partial charge in [-0.2, -0.15) is 0 Å². The van der Waals surface area contributed by atoms with Gasteiger partial charge in [0.15, 0.2) is 0 Å². The number of rotatable bonds is 7. The second kappa shape index (κ2) is 11.3. The summed E-state index contributed by atoms with van der Waals surface area (Å²) in [4.78, 5) is 26.6. The van der Waals surface area contributed by atoms with Crippen molar-refractivity contribution in [1.82, 2.24) is 10.2 Å². The number of anilines is 1. The summed E-state index contributed by atoms with van der Waals surface area (Å²) in [5.74, 6) is -0.306. The maximum Gasteiger partial charge on any atom is 0.302 e. The molecule has 2 saturated carbocycles. The molecule has 1 aromatic carbocycles. The first-order valence-electron chi connectivity index (χ1n) is 11.7. The fraction of sp³-hybridized carbons (Fsp3) is 0.667. The molecular formula is C24H36BrN3O3. The molecule has 0 saturated heterocycles. The Hall–Kier alpha value is -1.60. The van der Waals surface area contributed by atoms with Crippen molar-refractivity contribution in [1.29, 1.82) is 0 Å². The van der Waals surface area contributed by atoms with Crippen LogP contribution in [0, 0.1) is 0 Å². The highest BCUT2D eigenvalue weighted by molar-refractivity contribution is 9.10. The van der Waals surface area contributed by atoms with Crippen molar-refractivity contribution in [3.8, 4) is 0 Å². The minimum Gasteiger partial charge on any atom is -0.463 e. The average Bonchev–Trinajstić information content (AvgIpc) is 2.76. The molecule has 0 aromatic heterocycles. The maximum absolute atomic E-state index is 13.0. The molecule has 7 heteroatoms. The molecule has 3 rings (SSSR count). The smallest absolute Gasteiger partial charge is 0.302 e. The Balaban J connectivity index is 1.64. The number of ether oxygens (including phenoxy) is 1. The Morgan fingerprint density at radius 1 is 1.13 bits per heavy atom. The van der Waals surface area contributed by atoms with Crippen LogP contribution in [0.4, 0.5) is 5.69 Å². The fourth-order valence-electron chi connectivity index (χ4n) is 4.93. The van der Waals surface area contributed by atoms with Gasteiger partial charge in [0, 0.05) is 35.6 Å². The lowest BCUT2D eigenvalue weighted by Crippen LogP contribution is -2.39. The van der Waals surface area contributed by atoms with E-state index in [4.69, 9.17) is 10.5 Å². The first-order chi connectivity index (χ1) is 14.9. The van der Waals surface area contributed by atoms with E-state index < -0.39 is 0 Å². The van der Waals surface area contributed by atoms with Crippen LogP contribution in [-0.2, 0) is 16.1 Å². The van der Waals surface area contributed by atoms with E-state index in [9.17, 15) is 9.59 Å². The van der Waals surface area contributed by atoms with Gasteiger partial charge in [-0.05, 0) is 78.7 Å². The van der Waals surface area contributed by atoms with E-state index in [1.807, 2.05) is 12.1 Å². The minimum atomic E-state index is -0.235. The number of carbonyl (C=O) groups excluding carboxylic acids is 2. The molecule has 0 spiro atoms. The molecule has 2 fully saturated rings. The van der Waals surface area contributed by atoms with Crippen molar-refractivity contribution >= 4 is 33.5 Å². The number of halogens is 1. The molecule has 2 aliphatic rings. The molecule has 0 heterocycles. The van der Waals surface area contributed by atoms with Crippen LogP contribution in [0.15, 0.2) is 16.6 Å². The standard InChI is InChI=1S/C24H36BrN3O3/c1-3-28(20-7-5-4-6-8-20)15-18-13-17(14-22(25)23(18)26)24(30)27-19-9-11-21(12-10-19)31-16(2)29/h13-14,19-21H,3-12,15,26H2,1-2H3,(H,27,30). The molecule has 6 nitrogen and oxygen atoms in total. The van der Waals surface area contributed by atoms with Crippen molar-refractivity contribution < 1.29 is 14.3 Å². The molecule has 31 heavy (non-hydrogen) atoms. The Morgan fingerprint density at radius 3 is 2.42 bits per heavy atom. The number of carbonyl (C=O) groups is 2. The van der Waals surface area contributed by atoms with Crippen LogP contribution in [0.1, 0.15) is 87.6 Å². The fourth-order valence-corrected chi connectivity index (χ4v) is 5.43. The van der Waals surface area contributed by atoms with Gasteiger partial charge in [0.2, 0.25) is 0 Å². The number of nitrogen functional groups attached to an aromatic ring is 1. The van der Waals surface area contributed by atoms with Crippen LogP contribution in [0.3, 0.4) is 0 Å². The molecule has 0 bridgehead atoms. The summed E-state index contributed by atoms with van der Waals surface area (Å²) >= 11 is 3.56. The highest BCUT2D eigenvalue weighted by Crippen LogP contribution is 2.30. The normalized spacial score (nSPS) is 22.3. The molecule has 1 aromatic rings. The number of nitrogens with one attached hydrogen (secondary N) is 1. The maximum atomic E-state index is 13.0. The second-order valence-corrected chi connectivity index (χ2v) is 9.80. The largest absolute Gasteiger partial charge is 0.463 e. The first-order valence-corrected chi connectivity index (χ1v) is 12.5. The van der Waals surface area contributed by atoms with E-state index in [2.05, 4.69) is 33.1 Å². The van der Waals surface area contributed by atoms with Gasteiger partial charge < -0.3 is 15.8 Å². The zero-order valence-electron chi connectivity index (χ0n) is 18.8. The number of nitrogens with two attached hydrogens (primary N) is 1. The molecule has 2 aliphatic carbocycles. The molecule has 0 radical (unpaired) electrons. The van der Waals surface area contributed by atoms with E-state index >= 15 is 0 Å². The van der Waals surface area contributed by atoms with Gasteiger partial charge >= 0.3 is 5.97 Å². The third-order valence-corrected chi connectivity index (χ3v) is 7.35. The molecule has 3 N–H and O–H groups in total. The third kappa shape index (κ3) is 6.69. The summed E-state index contributed by atoms with van der Waals surface area (Å²) in [6, 6.07) is 4.47. The molecule has 0 unspecified atom stereocenters. The quantitative estimate of drug-likeness (QED) is 0.421. The predicted molar refractivity (Wildman–Crippen MR) is 127 cm³/mol. The molecule has 172 valence electrons. The summed E-state index contributed by atoms with van der Waals surface area (Å²) in [5, 5.41) is 3.16. The van der Waals surface area contributed by atoms with Gasteiger partial charge in [0.05, 0.1) is 5.69 Å². The minimum absolute atomic E-state index is 0.0252. The molecule has 1 amide bonds. The number of hydrogen-bond donors (Lipinski definition) is 2. The summed E-state index contributed by atoms with van der Waals surface area (Å²) in [6.07, 6.45) is 9.59. The van der Waals surface area contributed by atoms with Crippen LogP contribution in [0.5, 0.6) is 0 Å². The van der Waals surface area contributed by atoms with Gasteiger partial charge in [-0.1, -0.05) is 26.2 Å². The number of amides is 1. The number of benzene rings is 1. The molecule has 0 atom stereocenters. The number of nitrogens with zero attached hydrogens (tertiary/aromatic N) is 1. The summed E-state index contributed by atoms with van der Waals surface area (Å²) in [5.41, 5.74) is 8.73. The van der Waals surface area contributed by atoms with Gasteiger partial charge in [-0.15, -0.1) is 0 Å². The van der Waals surface area contributed by atoms with Crippen LogP contribution in [0.2, 0.25) is 0 Å². The van der Waals surface area contributed by atoms with Gasteiger partial charge in [0.1, 0.15) is 6.10 Å². The lowest BCUT2D eigenvalue weighted by molar-refractivity contribution is -0.147.